The van der Waals surface area contributed by atoms with Crippen LogP contribution in [0.4, 0.5) is 0 Å². The second-order valence-electron chi connectivity index (χ2n) is 12.5. The van der Waals surface area contributed by atoms with E-state index >= 15 is 0 Å². The van der Waals surface area contributed by atoms with Gasteiger partial charge in [-0.2, -0.15) is 8.42 Å². The quantitative estimate of drug-likeness (QED) is 0.229. The summed E-state index contributed by atoms with van der Waals surface area (Å²) in [5.74, 6) is -5.20. The summed E-state index contributed by atoms with van der Waals surface area (Å²) in [5, 5.41) is 11.4. The van der Waals surface area contributed by atoms with Crippen LogP contribution in [0.15, 0.2) is 30.5 Å². The van der Waals surface area contributed by atoms with Gasteiger partial charge in [0.25, 0.3) is 10.1 Å². The lowest BCUT2D eigenvalue weighted by atomic mass is 9.98. The molecular formula is C30H42N6O8S. The van der Waals surface area contributed by atoms with E-state index in [0.29, 0.717) is 12.0 Å². The fourth-order valence-electron chi connectivity index (χ4n) is 5.91. The summed E-state index contributed by atoms with van der Waals surface area (Å²) < 4.78 is 33.7. The highest BCUT2D eigenvalue weighted by molar-refractivity contribution is 7.85. The molecule has 1 aromatic carbocycles. The number of para-hydroxylation sites is 1. The van der Waals surface area contributed by atoms with Gasteiger partial charge in [0, 0.05) is 30.1 Å². The summed E-state index contributed by atoms with van der Waals surface area (Å²) in [6.07, 6.45) is 2.53. The van der Waals surface area contributed by atoms with Gasteiger partial charge in [-0.25, -0.2) is 0 Å². The number of fused-ring (bicyclic) bond motifs is 2. The first-order valence-corrected chi connectivity index (χ1v) is 16.8. The Morgan fingerprint density at radius 3 is 2.18 bits per heavy atom. The van der Waals surface area contributed by atoms with Crippen molar-refractivity contribution >= 4 is 50.6 Å². The molecule has 2 fully saturated rings. The van der Waals surface area contributed by atoms with Crippen LogP contribution < -0.4 is 21.3 Å². The minimum atomic E-state index is -4.77. The van der Waals surface area contributed by atoms with Gasteiger partial charge in [-0.3, -0.25) is 28.5 Å². The van der Waals surface area contributed by atoms with Crippen molar-refractivity contribution in [2.75, 3.05) is 12.3 Å². The summed E-state index contributed by atoms with van der Waals surface area (Å²) in [6, 6.07) is 1.12. The molecule has 15 heteroatoms. The number of rotatable bonds is 7. The minimum absolute atomic E-state index is 0.0417. The van der Waals surface area contributed by atoms with Crippen LogP contribution in [0.1, 0.15) is 52.5 Å². The van der Waals surface area contributed by atoms with E-state index in [1.165, 1.54) is 0 Å². The fraction of sp³-hybridized carbons (Fsp3) is 0.567. The maximum atomic E-state index is 13.8. The van der Waals surface area contributed by atoms with E-state index in [0.717, 1.165) is 15.8 Å². The van der Waals surface area contributed by atoms with E-state index in [1.54, 1.807) is 20.0 Å². The number of nitrogens with zero attached hydrogens (tertiary/aromatic N) is 1. The molecule has 5 atom stereocenters. The number of amides is 5. The zero-order valence-corrected chi connectivity index (χ0v) is 26.6. The highest BCUT2D eigenvalue weighted by atomic mass is 32.2. The molecule has 0 aliphatic carbocycles. The van der Waals surface area contributed by atoms with Gasteiger partial charge in [-0.1, -0.05) is 45.9 Å². The largest absolute Gasteiger partial charge is 0.361 e. The number of carbonyl (C=O) groups excluding carboxylic acids is 5. The summed E-state index contributed by atoms with van der Waals surface area (Å²) >= 11 is 0. The summed E-state index contributed by atoms with van der Waals surface area (Å²) in [6.45, 7) is 7.30. The van der Waals surface area contributed by atoms with Gasteiger partial charge in [-0.15, -0.1) is 0 Å². The molecule has 0 unspecified atom stereocenters. The van der Waals surface area contributed by atoms with Gasteiger partial charge >= 0.3 is 0 Å². The Balaban J connectivity index is 1.78. The molecule has 3 heterocycles. The molecule has 5 amide bonds. The molecule has 1 aromatic heterocycles. The van der Waals surface area contributed by atoms with Crippen molar-refractivity contribution in [3.63, 3.8) is 0 Å². The molecule has 2 aliphatic rings. The monoisotopic (exact) mass is 646 g/mol. The zero-order valence-electron chi connectivity index (χ0n) is 25.8. The molecule has 2 aliphatic heterocycles. The Kier molecular flexibility index (Phi) is 10.5. The normalized spacial score (nSPS) is 25.8. The van der Waals surface area contributed by atoms with Crippen LogP contribution in [0.3, 0.4) is 0 Å². The molecule has 0 saturated carbocycles. The Bertz CT molecular complexity index is 1550. The van der Waals surface area contributed by atoms with E-state index < -0.39 is 75.6 Å². The Labute approximate surface area is 262 Å². The predicted octanol–water partition coefficient (Wildman–Crippen LogP) is 0.244. The Morgan fingerprint density at radius 2 is 1.51 bits per heavy atom. The number of hydrogen-bond acceptors (Lipinski definition) is 7. The van der Waals surface area contributed by atoms with Crippen LogP contribution in [0.2, 0.25) is 0 Å². The first-order chi connectivity index (χ1) is 21.1. The maximum absolute atomic E-state index is 13.8. The highest BCUT2D eigenvalue weighted by Crippen LogP contribution is 2.22. The summed E-state index contributed by atoms with van der Waals surface area (Å²) in [5.41, 5.74) is 1.46. The smallest absolute Gasteiger partial charge is 0.267 e. The van der Waals surface area contributed by atoms with E-state index in [1.807, 2.05) is 38.1 Å². The van der Waals surface area contributed by atoms with Crippen LogP contribution >= 0.6 is 0 Å². The van der Waals surface area contributed by atoms with Gasteiger partial charge < -0.3 is 31.2 Å². The lowest BCUT2D eigenvalue weighted by molar-refractivity contribution is -0.142. The molecular weight excluding hydrogens is 604 g/mol. The first-order valence-electron chi connectivity index (χ1n) is 15.2. The molecule has 4 rings (SSSR count). The third kappa shape index (κ3) is 8.39. The summed E-state index contributed by atoms with van der Waals surface area (Å²) in [7, 11) is -4.77. The molecule has 6 N–H and O–H groups in total. The zero-order chi connectivity index (χ0) is 33.1. The molecule has 0 spiro atoms. The number of H-pyrrole nitrogens is 1. The number of benzene rings is 1. The topological polar surface area (TPSA) is 207 Å². The third-order valence-electron chi connectivity index (χ3n) is 8.15. The van der Waals surface area contributed by atoms with E-state index in [-0.39, 0.29) is 37.6 Å². The number of carbonyl (C=O) groups is 5. The third-order valence-corrected chi connectivity index (χ3v) is 8.90. The maximum Gasteiger partial charge on any atom is 0.267 e. The van der Waals surface area contributed by atoms with Gasteiger partial charge in [0.05, 0.1) is 0 Å². The first kappa shape index (κ1) is 33.9. The predicted molar refractivity (Wildman–Crippen MR) is 165 cm³/mol. The van der Waals surface area contributed by atoms with Crippen molar-refractivity contribution in [3.8, 4) is 0 Å². The molecule has 246 valence electrons. The van der Waals surface area contributed by atoms with Crippen molar-refractivity contribution < 1.29 is 36.9 Å². The average molecular weight is 647 g/mol. The van der Waals surface area contributed by atoms with Gasteiger partial charge in [0.2, 0.25) is 29.5 Å². The van der Waals surface area contributed by atoms with Crippen molar-refractivity contribution in [2.24, 2.45) is 11.8 Å². The van der Waals surface area contributed by atoms with Gasteiger partial charge in [-0.05, 0) is 42.7 Å². The standard InChI is InChI=1S/C30H42N6O8S/c1-16(2)12-21-26(37)32-22(13-18-14-31-20-9-6-5-8-19(18)20)27(38)34-23(15-45(42,43)44)30(41)36-11-7-10-24(36)28(39)35-25(17(3)4)29(40)33-21/h5-6,8-9,14,16-17,21-25,31H,7,10-13,15H2,1-4H3,(H,32,37)(H,33,40)(H,34,38)(H,35,39)(H,42,43,44)/t21-,22+,23+,24-,25+/m0/s1. The SMILES string of the molecule is CC(C)C[C@@H]1NC(=O)[C@@H](C(C)C)NC(=O)[C@@H]2CCCN2C(=O)[C@@H](CS(=O)(=O)O)NC(=O)[C@@H](Cc2c[nH]c3ccccc23)NC1=O. The van der Waals surface area contributed by atoms with Gasteiger partial charge in [0.1, 0.15) is 36.0 Å². The van der Waals surface area contributed by atoms with E-state index in [4.69, 9.17) is 0 Å². The molecule has 45 heavy (non-hydrogen) atoms. The number of hydrogen-bond donors (Lipinski definition) is 6. The second kappa shape index (κ2) is 14.0. The van der Waals surface area contributed by atoms with Crippen molar-refractivity contribution in [1.29, 1.82) is 0 Å². The second-order valence-corrected chi connectivity index (χ2v) is 14.0. The van der Waals surface area contributed by atoms with Crippen LogP contribution in [0.25, 0.3) is 10.9 Å². The average Bonchev–Trinajstić information content (AvgIpc) is 3.60. The fourth-order valence-corrected chi connectivity index (χ4v) is 6.56. The molecule has 14 nitrogen and oxygen atoms in total. The number of aromatic nitrogens is 1. The Hall–Kier alpha value is -3.98. The van der Waals surface area contributed by atoms with Gasteiger partial charge in [0.15, 0.2) is 0 Å². The number of aromatic amines is 1. The van der Waals surface area contributed by atoms with Crippen molar-refractivity contribution in [1.82, 2.24) is 31.2 Å². The summed E-state index contributed by atoms with van der Waals surface area (Å²) in [4.78, 5) is 72.6. The lowest BCUT2D eigenvalue weighted by Gasteiger charge is -2.30. The molecule has 2 aromatic rings. The van der Waals surface area contributed by atoms with Crippen molar-refractivity contribution in [2.45, 2.75) is 83.6 Å². The molecule has 0 radical (unpaired) electrons. The highest BCUT2D eigenvalue weighted by Gasteiger charge is 2.42. The van der Waals surface area contributed by atoms with Crippen molar-refractivity contribution in [3.05, 3.63) is 36.0 Å². The van der Waals surface area contributed by atoms with Crippen LogP contribution in [-0.4, -0.2) is 94.9 Å². The van der Waals surface area contributed by atoms with Crippen LogP contribution in [0, 0.1) is 11.8 Å². The Morgan fingerprint density at radius 1 is 0.867 bits per heavy atom. The van der Waals surface area contributed by atoms with Crippen LogP contribution in [0.5, 0.6) is 0 Å². The van der Waals surface area contributed by atoms with E-state index in [2.05, 4.69) is 26.3 Å². The number of nitrogens with one attached hydrogen (secondary N) is 5. The lowest BCUT2D eigenvalue weighted by Crippen LogP contribution is -2.59. The van der Waals surface area contributed by atoms with Crippen LogP contribution in [-0.2, 0) is 40.5 Å². The molecule has 2 saturated heterocycles. The molecule has 0 bridgehead atoms. The minimum Gasteiger partial charge on any atom is -0.361 e. The van der Waals surface area contributed by atoms with E-state index in [9.17, 15) is 36.9 Å².